The van der Waals surface area contributed by atoms with Crippen LogP contribution in [0.1, 0.15) is 20.3 Å². The molecule has 112 valence electrons. The second-order valence-electron chi connectivity index (χ2n) is 5.05. The van der Waals surface area contributed by atoms with Crippen molar-refractivity contribution in [1.82, 2.24) is 0 Å². The minimum absolute atomic E-state index is 0.206. The van der Waals surface area contributed by atoms with Crippen molar-refractivity contribution < 1.29 is 27.0 Å². The van der Waals surface area contributed by atoms with Crippen molar-refractivity contribution in [1.29, 1.82) is 0 Å². The van der Waals surface area contributed by atoms with Gasteiger partial charge in [0.25, 0.3) is 10.1 Å². The van der Waals surface area contributed by atoms with Crippen LogP contribution in [0.25, 0.3) is 0 Å². The van der Waals surface area contributed by atoms with E-state index in [2.05, 4.69) is 0 Å². The molecule has 0 aromatic carbocycles. The lowest BCUT2D eigenvalue weighted by molar-refractivity contribution is -0.890. The van der Waals surface area contributed by atoms with Crippen LogP contribution in [0.3, 0.4) is 0 Å². The smallest absolute Gasteiger partial charge is 0.330 e. The molecule has 0 fully saturated rings. The molecular weight excluding hydrogens is 270 g/mol. The zero-order chi connectivity index (χ0) is 15.1. The molecule has 0 aliphatic carbocycles. The van der Waals surface area contributed by atoms with Crippen molar-refractivity contribution >= 4 is 16.1 Å². The third-order valence-corrected chi connectivity index (χ3v) is 4.14. The van der Waals surface area contributed by atoms with Gasteiger partial charge in [0.05, 0.1) is 20.6 Å². The highest BCUT2D eigenvalue weighted by Crippen LogP contribution is 2.10. The first kappa shape index (κ1) is 18.1. The Morgan fingerprint density at radius 3 is 2.42 bits per heavy atom. The first-order valence-electron chi connectivity index (χ1n) is 6.20. The fourth-order valence-corrected chi connectivity index (χ4v) is 2.67. The maximum atomic E-state index is 11.2. The number of carbonyl (C=O) groups is 1. The van der Waals surface area contributed by atoms with Crippen molar-refractivity contribution in [2.24, 2.45) is 0 Å². The summed E-state index contributed by atoms with van der Waals surface area (Å²) in [5.41, 5.74) is 0. The second-order valence-corrected chi connectivity index (χ2v) is 6.75. The second kappa shape index (κ2) is 7.62. The minimum atomic E-state index is -4.03. The van der Waals surface area contributed by atoms with E-state index in [1.54, 1.807) is 19.9 Å². The topological polar surface area (TPSA) is 80.7 Å². The number of nitrogens with zero attached hydrogens (tertiary/aromatic N) is 1. The number of ether oxygens (including phenoxy) is 1. The van der Waals surface area contributed by atoms with Crippen molar-refractivity contribution in [3.8, 4) is 0 Å². The summed E-state index contributed by atoms with van der Waals surface area (Å²) in [6.45, 7) is 4.40. The van der Waals surface area contributed by atoms with Gasteiger partial charge in [0.1, 0.15) is 18.4 Å². The largest absolute Gasteiger partial charge is 0.457 e. The number of likely N-dealkylation sites (N-methyl/N-ethyl adjacent to an activating group) is 1. The van der Waals surface area contributed by atoms with Gasteiger partial charge in [-0.25, -0.2) is 4.79 Å². The fraction of sp³-hybridized carbons (Fsp3) is 0.750. The highest BCUT2D eigenvalue weighted by atomic mass is 32.2. The van der Waals surface area contributed by atoms with Crippen LogP contribution in [0, 0.1) is 0 Å². The number of rotatable bonds is 8. The third kappa shape index (κ3) is 7.97. The molecule has 0 aromatic rings. The Labute approximate surface area is 115 Å². The van der Waals surface area contributed by atoms with E-state index >= 15 is 0 Å². The van der Waals surface area contributed by atoms with Gasteiger partial charge in [-0.15, -0.1) is 0 Å². The number of hydrogen-bond donors (Lipinski definition) is 1. The highest BCUT2D eigenvalue weighted by Gasteiger charge is 2.29. The SMILES string of the molecule is CC=CC(=O)OCC[N+](C)(C)CC(CC)S(=O)(=O)O. The van der Waals surface area contributed by atoms with Crippen molar-refractivity contribution in [2.75, 3.05) is 33.8 Å². The number of allylic oxidation sites excluding steroid dienone is 1. The van der Waals surface area contributed by atoms with Gasteiger partial charge in [-0.05, 0) is 13.3 Å². The maximum absolute atomic E-state index is 11.2. The summed E-state index contributed by atoms with van der Waals surface area (Å²) >= 11 is 0. The third-order valence-electron chi connectivity index (χ3n) is 2.82. The molecule has 0 aromatic heterocycles. The quantitative estimate of drug-likeness (QED) is 0.311. The Morgan fingerprint density at radius 2 is 2.00 bits per heavy atom. The van der Waals surface area contributed by atoms with Gasteiger partial charge in [-0.3, -0.25) is 4.55 Å². The zero-order valence-corrected chi connectivity index (χ0v) is 12.8. The number of hydrogen-bond acceptors (Lipinski definition) is 4. The summed E-state index contributed by atoms with van der Waals surface area (Å²) < 4.78 is 36.7. The van der Waals surface area contributed by atoms with Crippen LogP contribution in [0.15, 0.2) is 12.2 Å². The van der Waals surface area contributed by atoms with Crippen LogP contribution < -0.4 is 0 Å². The summed E-state index contributed by atoms with van der Waals surface area (Å²) in [7, 11) is -0.371. The summed E-state index contributed by atoms with van der Waals surface area (Å²) in [5, 5.41) is -0.797. The van der Waals surface area contributed by atoms with Crippen LogP contribution in [-0.4, -0.2) is 62.5 Å². The Kier molecular flexibility index (Phi) is 7.25. The van der Waals surface area contributed by atoms with E-state index in [9.17, 15) is 13.2 Å². The Hall–Kier alpha value is -0.920. The first-order valence-corrected chi connectivity index (χ1v) is 7.70. The van der Waals surface area contributed by atoms with E-state index in [-0.39, 0.29) is 13.2 Å². The summed E-state index contributed by atoms with van der Waals surface area (Å²) in [6, 6.07) is 0. The van der Waals surface area contributed by atoms with Crippen molar-refractivity contribution in [2.45, 2.75) is 25.5 Å². The lowest BCUT2D eigenvalue weighted by atomic mass is 10.3. The van der Waals surface area contributed by atoms with Gasteiger partial charge in [0.2, 0.25) is 0 Å². The lowest BCUT2D eigenvalue weighted by Gasteiger charge is -2.31. The molecule has 1 N–H and O–H groups in total. The minimum Gasteiger partial charge on any atom is -0.457 e. The first-order chi connectivity index (χ1) is 8.62. The number of quaternary nitrogens is 1. The molecule has 0 saturated heterocycles. The van der Waals surface area contributed by atoms with Gasteiger partial charge in [0.15, 0.2) is 0 Å². The Balaban J connectivity index is 4.35. The monoisotopic (exact) mass is 294 g/mol. The van der Waals surface area contributed by atoms with Crippen molar-refractivity contribution in [3.05, 3.63) is 12.2 Å². The van der Waals surface area contributed by atoms with E-state index in [4.69, 9.17) is 9.29 Å². The predicted octanol–water partition coefficient (Wildman–Crippen LogP) is 0.849. The van der Waals surface area contributed by atoms with Gasteiger partial charge >= 0.3 is 5.97 Å². The molecule has 6 nitrogen and oxygen atoms in total. The van der Waals surface area contributed by atoms with Crippen LogP contribution in [-0.2, 0) is 19.6 Å². The molecule has 0 radical (unpaired) electrons. The van der Waals surface area contributed by atoms with Crippen LogP contribution in [0.5, 0.6) is 0 Å². The van der Waals surface area contributed by atoms with Crippen LogP contribution in [0.4, 0.5) is 0 Å². The van der Waals surface area contributed by atoms with Gasteiger partial charge in [-0.2, -0.15) is 8.42 Å². The standard InChI is InChI=1S/C12H23NO5S/c1-5-7-12(14)18-9-8-13(3,4)10-11(6-2)19(15,16)17/h5,7,11H,6,8-10H2,1-4H3/p+1. The summed E-state index contributed by atoms with van der Waals surface area (Å²) in [4.78, 5) is 11.1. The van der Waals surface area contributed by atoms with E-state index in [0.717, 1.165) is 0 Å². The molecule has 0 amide bonds. The molecule has 0 heterocycles. The van der Waals surface area contributed by atoms with E-state index in [1.807, 2.05) is 14.1 Å². The van der Waals surface area contributed by atoms with E-state index in [0.29, 0.717) is 17.4 Å². The Morgan fingerprint density at radius 1 is 1.42 bits per heavy atom. The summed E-state index contributed by atoms with van der Waals surface area (Å²) in [6.07, 6.45) is 3.26. The normalized spacial score (nSPS) is 14.6. The van der Waals surface area contributed by atoms with Crippen molar-refractivity contribution in [3.63, 3.8) is 0 Å². The van der Waals surface area contributed by atoms with Crippen LogP contribution >= 0.6 is 0 Å². The van der Waals surface area contributed by atoms with Gasteiger partial charge in [-0.1, -0.05) is 13.0 Å². The van der Waals surface area contributed by atoms with E-state index < -0.39 is 21.3 Å². The average Bonchev–Trinajstić information content (AvgIpc) is 2.24. The van der Waals surface area contributed by atoms with E-state index in [1.165, 1.54) is 6.08 Å². The molecule has 1 atom stereocenters. The maximum Gasteiger partial charge on any atom is 0.330 e. The molecular formula is C12H24NO5S+. The summed E-state index contributed by atoms with van der Waals surface area (Å²) in [5.74, 6) is -0.413. The zero-order valence-electron chi connectivity index (χ0n) is 12.0. The lowest BCUT2D eigenvalue weighted by Crippen LogP contribution is -2.49. The molecule has 0 spiro atoms. The fourth-order valence-electron chi connectivity index (χ4n) is 1.65. The number of carbonyl (C=O) groups excluding carboxylic acids is 1. The molecule has 0 rings (SSSR count). The molecule has 7 heteroatoms. The molecule has 0 saturated carbocycles. The number of esters is 1. The molecule has 1 unspecified atom stereocenters. The predicted molar refractivity (Wildman–Crippen MR) is 73.2 cm³/mol. The molecule has 0 aliphatic heterocycles. The van der Waals surface area contributed by atoms with Crippen LogP contribution in [0.2, 0.25) is 0 Å². The molecule has 0 bridgehead atoms. The highest BCUT2D eigenvalue weighted by molar-refractivity contribution is 7.86. The van der Waals surface area contributed by atoms with Gasteiger partial charge in [0, 0.05) is 6.08 Å². The Bertz CT molecular complexity index is 414. The average molecular weight is 294 g/mol. The van der Waals surface area contributed by atoms with Gasteiger partial charge < -0.3 is 9.22 Å². The molecule has 0 aliphatic rings. The molecule has 19 heavy (non-hydrogen) atoms.